The molecule has 8 heteroatoms. The van der Waals surface area contributed by atoms with Gasteiger partial charge in [-0.1, -0.05) is 11.6 Å². The Balaban J connectivity index is 3.13. The van der Waals surface area contributed by atoms with Gasteiger partial charge in [0.1, 0.15) is 0 Å². The number of nitriles is 1. The number of nitrogens with one attached hydrogen (secondary N) is 1. The molecule has 1 atom stereocenters. The average Bonchev–Trinajstić information content (AvgIpc) is 2.28. The van der Waals surface area contributed by atoms with Crippen LogP contribution in [-0.2, 0) is 10.0 Å². The van der Waals surface area contributed by atoms with E-state index in [0.717, 1.165) is 6.07 Å². The van der Waals surface area contributed by atoms with Gasteiger partial charge in [0.25, 0.3) is 0 Å². The SMILES string of the molecule is CC(CC#N)NS(=O)(=O)c1ccc(Cl)c(C(=O)O)c1. The predicted octanol–water partition coefficient (Wildman–Crippen LogP) is 1.62. The maximum absolute atomic E-state index is 11.9. The number of halogens is 1. The van der Waals surface area contributed by atoms with Gasteiger partial charge in [-0.25, -0.2) is 17.9 Å². The number of benzene rings is 1. The van der Waals surface area contributed by atoms with Crippen molar-refractivity contribution in [1.29, 1.82) is 5.26 Å². The molecule has 0 aliphatic rings. The van der Waals surface area contributed by atoms with Crippen molar-refractivity contribution >= 4 is 27.6 Å². The van der Waals surface area contributed by atoms with E-state index in [4.69, 9.17) is 22.0 Å². The number of rotatable bonds is 5. The fraction of sp³-hybridized carbons (Fsp3) is 0.273. The first-order valence-corrected chi connectivity index (χ1v) is 7.06. The van der Waals surface area contributed by atoms with Crippen LogP contribution in [0, 0.1) is 11.3 Å². The van der Waals surface area contributed by atoms with Gasteiger partial charge in [-0.3, -0.25) is 0 Å². The Kier molecular flexibility index (Phi) is 4.89. The van der Waals surface area contributed by atoms with Crippen molar-refractivity contribution in [2.24, 2.45) is 0 Å². The number of carboxylic acid groups (broad SMARTS) is 1. The summed E-state index contributed by atoms with van der Waals surface area (Å²) >= 11 is 5.66. The average molecular weight is 303 g/mol. The van der Waals surface area contributed by atoms with Gasteiger partial charge < -0.3 is 5.11 Å². The minimum absolute atomic E-state index is 0.0125. The molecule has 1 rings (SSSR count). The Labute approximate surface area is 115 Å². The molecule has 0 spiro atoms. The van der Waals surface area contributed by atoms with Gasteiger partial charge >= 0.3 is 5.97 Å². The normalized spacial score (nSPS) is 12.7. The van der Waals surface area contributed by atoms with Gasteiger partial charge in [-0.15, -0.1) is 0 Å². The first kappa shape index (κ1) is 15.4. The van der Waals surface area contributed by atoms with E-state index in [1.807, 2.05) is 6.07 Å². The van der Waals surface area contributed by atoms with Crippen LogP contribution in [0.5, 0.6) is 0 Å². The number of aromatic carboxylic acids is 1. The number of carboxylic acids is 1. The number of hydrogen-bond acceptors (Lipinski definition) is 4. The van der Waals surface area contributed by atoms with Crippen LogP contribution < -0.4 is 4.72 Å². The maximum atomic E-state index is 11.9. The summed E-state index contributed by atoms with van der Waals surface area (Å²) in [5.41, 5.74) is -0.294. The van der Waals surface area contributed by atoms with E-state index in [1.54, 1.807) is 0 Å². The van der Waals surface area contributed by atoms with E-state index in [1.165, 1.54) is 19.1 Å². The zero-order valence-corrected chi connectivity index (χ0v) is 11.5. The molecule has 6 nitrogen and oxygen atoms in total. The second-order valence-corrected chi connectivity index (χ2v) is 5.95. The fourth-order valence-electron chi connectivity index (χ4n) is 1.35. The molecule has 1 aromatic carbocycles. The van der Waals surface area contributed by atoms with Crippen LogP contribution in [0.2, 0.25) is 5.02 Å². The molecule has 1 aromatic rings. The second kappa shape index (κ2) is 6.02. The number of hydrogen-bond donors (Lipinski definition) is 2. The lowest BCUT2D eigenvalue weighted by molar-refractivity contribution is 0.0697. The summed E-state index contributed by atoms with van der Waals surface area (Å²) in [6, 6.07) is 4.65. The molecule has 0 aromatic heterocycles. The minimum Gasteiger partial charge on any atom is -0.478 e. The van der Waals surface area contributed by atoms with Gasteiger partial charge in [-0.05, 0) is 25.1 Å². The molecule has 0 saturated carbocycles. The molecule has 0 saturated heterocycles. The summed E-state index contributed by atoms with van der Waals surface area (Å²) in [6.07, 6.45) is 0.0125. The molecule has 0 fully saturated rings. The molecular weight excluding hydrogens is 292 g/mol. The largest absolute Gasteiger partial charge is 0.478 e. The Morgan fingerprint density at radius 1 is 1.58 bits per heavy atom. The van der Waals surface area contributed by atoms with Crippen molar-refractivity contribution in [2.45, 2.75) is 24.3 Å². The molecule has 0 amide bonds. The number of carbonyl (C=O) groups is 1. The van der Waals surface area contributed by atoms with Crippen LogP contribution in [0.4, 0.5) is 0 Å². The monoisotopic (exact) mass is 302 g/mol. The van der Waals surface area contributed by atoms with E-state index in [-0.39, 0.29) is 21.9 Å². The summed E-state index contributed by atoms with van der Waals surface area (Å²) in [4.78, 5) is 10.7. The lowest BCUT2D eigenvalue weighted by Gasteiger charge is -2.11. The molecule has 0 radical (unpaired) electrons. The summed E-state index contributed by atoms with van der Waals surface area (Å²) in [5.74, 6) is -1.31. The molecule has 0 aliphatic carbocycles. The highest BCUT2D eigenvalue weighted by Gasteiger charge is 2.20. The highest BCUT2D eigenvalue weighted by atomic mass is 35.5. The Morgan fingerprint density at radius 3 is 2.74 bits per heavy atom. The van der Waals surface area contributed by atoms with E-state index in [2.05, 4.69) is 4.72 Å². The molecule has 102 valence electrons. The van der Waals surface area contributed by atoms with Crippen molar-refractivity contribution in [2.75, 3.05) is 0 Å². The number of nitrogens with zero attached hydrogens (tertiary/aromatic N) is 1. The van der Waals surface area contributed by atoms with Gasteiger partial charge in [0, 0.05) is 6.04 Å². The van der Waals surface area contributed by atoms with E-state index in [9.17, 15) is 13.2 Å². The Hall–Kier alpha value is -1.62. The maximum Gasteiger partial charge on any atom is 0.337 e. The van der Waals surface area contributed by atoms with Crippen molar-refractivity contribution in [3.05, 3.63) is 28.8 Å². The fourth-order valence-corrected chi connectivity index (χ4v) is 2.81. The summed E-state index contributed by atoms with van der Waals surface area (Å²) in [7, 11) is -3.88. The van der Waals surface area contributed by atoms with Crippen LogP contribution in [0.1, 0.15) is 23.7 Å². The van der Waals surface area contributed by atoms with Crippen molar-refractivity contribution in [3.63, 3.8) is 0 Å². The van der Waals surface area contributed by atoms with Crippen molar-refractivity contribution in [3.8, 4) is 6.07 Å². The van der Waals surface area contributed by atoms with E-state index < -0.39 is 22.0 Å². The van der Waals surface area contributed by atoms with E-state index >= 15 is 0 Å². The van der Waals surface area contributed by atoms with Crippen LogP contribution in [0.25, 0.3) is 0 Å². The number of sulfonamides is 1. The first-order chi connectivity index (χ1) is 8.77. The third-order valence-corrected chi connectivity index (χ3v) is 4.15. The van der Waals surface area contributed by atoms with Crippen LogP contribution >= 0.6 is 11.6 Å². The molecular formula is C11H11ClN2O4S. The van der Waals surface area contributed by atoms with Crippen LogP contribution in [0.15, 0.2) is 23.1 Å². The van der Waals surface area contributed by atoms with Gasteiger partial charge in [0.2, 0.25) is 10.0 Å². The van der Waals surface area contributed by atoms with Crippen molar-refractivity contribution in [1.82, 2.24) is 4.72 Å². The van der Waals surface area contributed by atoms with E-state index in [0.29, 0.717) is 0 Å². The highest BCUT2D eigenvalue weighted by molar-refractivity contribution is 7.89. The molecule has 0 heterocycles. The lowest BCUT2D eigenvalue weighted by Crippen LogP contribution is -2.32. The zero-order valence-electron chi connectivity index (χ0n) is 9.92. The minimum atomic E-state index is -3.88. The van der Waals surface area contributed by atoms with Gasteiger partial charge in [-0.2, -0.15) is 5.26 Å². The molecule has 19 heavy (non-hydrogen) atoms. The van der Waals surface area contributed by atoms with Gasteiger partial charge in [0.05, 0.1) is 28.0 Å². The second-order valence-electron chi connectivity index (χ2n) is 3.83. The highest BCUT2D eigenvalue weighted by Crippen LogP contribution is 2.20. The van der Waals surface area contributed by atoms with Gasteiger partial charge in [0.15, 0.2) is 0 Å². The quantitative estimate of drug-likeness (QED) is 0.859. The van der Waals surface area contributed by atoms with Crippen molar-refractivity contribution < 1.29 is 18.3 Å². The third-order valence-electron chi connectivity index (χ3n) is 2.23. The summed E-state index contributed by atoms with van der Waals surface area (Å²) in [6.45, 7) is 1.54. The molecule has 0 bridgehead atoms. The molecule has 1 unspecified atom stereocenters. The summed E-state index contributed by atoms with van der Waals surface area (Å²) in [5, 5.41) is 17.3. The molecule has 0 aliphatic heterocycles. The molecule has 2 N–H and O–H groups in total. The third kappa shape index (κ3) is 3.92. The van der Waals surface area contributed by atoms with Crippen LogP contribution in [-0.4, -0.2) is 25.5 Å². The Bertz CT molecular complexity index is 637. The van der Waals surface area contributed by atoms with Crippen LogP contribution in [0.3, 0.4) is 0 Å². The lowest BCUT2D eigenvalue weighted by atomic mass is 10.2. The smallest absolute Gasteiger partial charge is 0.337 e. The predicted molar refractivity (Wildman–Crippen MR) is 68.4 cm³/mol. The first-order valence-electron chi connectivity index (χ1n) is 5.20. The Morgan fingerprint density at radius 2 is 2.21 bits per heavy atom. The zero-order chi connectivity index (χ0) is 14.6. The standard InChI is InChI=1S/C11H11ClN2O4S/c1-7(4-5-13)14-19(17,18)8-2-3-10(12)9(6-8)11(15)16/h2-3,6-7,14H,4H2,1H3,(H,15,16). The topological polar surface area (TPSA) is 107 Å². The summed E-state index contributed by atoms with van der Waals surface area (Å²) < 4.78 is 26.2.